The number of hydrogen-bond donors (Lipinski definition) is 12. The Balaban J connectivity index is 0.000000381. The van der Waals surface area contributed by atoms with Gasteiger partial charge >= 0.3 is 24.4 Å². The summed E-state index contributed by atoms with van der Waals surface area (Å²) in [5, 5.41) is 16.6. The highest BCUT2D eigenvalue weighted by Crippen LogP contribution is 2.45. The summed E-state index contributed by atoms with van der Waals surface area (Å²) in [7, 11) is 0. The number of amides is 8. The molecule has 0 unspecified atom stereocenters. The molecule has 0 saturated carbocycles. The molecule has 3 aliphatic rings. The number of ketones is 4. The Morgan fingerprint density at radius 1 is 0.382 bits per heavy atom. The van der Waals surface area contributed by atoms with Crippen LogP contribution in [0.5, 0.6) is 0 Å². The summed E-state index contributed by atoms with van der Waals surface area (Å²) in [5.74, 6) is 21.1. The van der Waals surface area contributed by atoms with Gasteiger partial charge in [0.15, 0.2) is 17.3 Å². The van der Waals surface area contributed by atoms with Crippen LogP contribution in [0, 0.1) is 23.7 Å². The van der Waals surface area contributed by atoms with Crippen LogP contribution in [0.3, 0.4) is 0 Å². The number of nitrogens with two attached hydrogens (primary N) is 5. The third-order valence-corrected chi connectivity index (χ3v) is 21.1. The standard InChI is InChI=1S/C33H41N3O5.C29H38N2O5.C28H33N3O3.C14H28N2O3.C2H7N.H5N3/c1-5-12-29(37)27(35-32(40)41-33(2,3)4)16-10-11-22-34-30(38)20-21-31(39)36-23-26-15-7-6-13-24(26)18-19-25-14-8-9-17-28(25)36;1-5-12-26(32)25(31-28(34)36-29(2,3)4)17-10-11-18-30-27(33)35-19-24-22-15-8-6-13-20(22)21-14-7-9-16-23(21)24;1-2-9-26(32)24(29)13-7-8-19-30-27(33)17-18-28(34)31-20-23-12-4-3-10-21(23)15-16-22-11-5-6-14-25(22)31;1-5-8-12(17)11(9-6-7-10-15)16-13(18)19-14(2,3)4;1-2-3;1-3-2/h6-9,13-15,17,27H,5,10-12,16,20-23H2,1-4H3,(H,34,38)(H,35,40);6-9,13-16,24-25H,5,10-12,17-19H2,1-4H3,(H,30,33)(H,31,34);3-6,10-12,14,24H,2,7-9,13,17-20,29H2,1H3,(H,30,33);11H,5-10,15H2,1-4H3,(H,16,18);2-3H2,1H3;3H,1-2H2/t27-;25-;24-;11-;;/m0000../s1. The molecule has 0 spiro atoms. The zero-order valence-corrected chi connectivity index (χ0v) is 82.7. The molecule has 136 heavy (non-hydrogen) atoms. The third-order valence-electron chi connectivity index (χ3n) is 21.1. The van der Waals surface area contributed by atoms with Crippen molar-refractivity contribution in [2.24, 2.45) is 28.9 Å². The first-order chi connectivity index (χ1) is 64.9. The number of carbonyl (C=O) groups excluding carboxylic acids is 12. The van der Waals surface area contributed by atoms with Gasteiger partial charge in [-0.15, -0.1) is 0 Å². The van der Waals surface area contributed by atoms with Crippen LogP contribution < -0.4 is 76.1 Å². The molecule has 2 aliphatic heterocycles. The van der Waals surface area contributed by atoms with Gasteiger partial charge in [0.05, 0.1) is 48.6 Å². The van der Waals surface area contributed by atoms with Gasteiger partial charge in [0.25, 0.3) is 0 Å². The van der Waals surface area contributed by atoms with Crippen molar-refractivity contribution in [1.82, 2.24) is 37.4 Å². The fraction of sp³-hybridized carbons (Fsp3) is 0.509. The molecule has 0 saturated heterocycles. The molecule has 4 atom stereocenters. The number of carbonyl (C=O) groups is 12. The number of benzene rings is 6. The molecule has 8 amide bonds. The number of fused-ring (bicyclic) bond motifs is 7. The molecule has 0 bridgehead atoms. The van der Waals surface area contributed by atoms with E-state index in [1.807, 2.05) is 156 Å². The number of para-hydroxylation sites is 2. The second kappa shape index (κ2) is 63.2. The SMILES string of the molecule is CCCC(=O)[C@@H](N)CCCCNC(=O)CCC(=O)N1Cc2ccccc2C#Cc2ccccc21.CCCC(=O)[C@H](CCCCN)NC(=O)OC(C)(C)C.CCCC(=O)[C@H](CCCCNC(=O)CCC(=O)N1Cc2ccccc2C#Cc2ccccc21)NC(=O)OC(C)(C)C.CCCC(=O)[C@H](CCCCNC(=O)OCC1c2ccccc2-c2ccccc21)NC(=O)OC(C)(C)C.CCN.NNN. The maximum absolute atomic E-state index is 13.3. The van der Waals surface area contributed by atoms with E-state index in [4.69, 9.17) is 36.1 Å². The van der Waals surface area contributed by atoms with Gasteiger partial charge in [-0.2, -0.15) is 5.53 Å². The fourth-order valence-corrected chi connectivity index (χ4v) is 14.7. The van der Waals surface area contributed by atoms with Gasteiger partial charge in [0, 0.05) is 99.2 Å². The summed E-state index contributed by atoms with van der Waals surface area (Å²) in [6, 6.07) is 45.1. The van der Waals surface area contributed by atoms with Gasteiger partial charge < -0.3 is 77.8 Å². The smallest absolute Gasteiger partial charge is 0.408 e. The lowest BCUT2D eigenvalue weighted by Gasteiger charge is -2.26. The Morgan fingerprint density at radius 3 is 1.05 bits per heavy atom. The summed E-state index contributed by atoms with van der Waals surface area (Å²) in [4.78, 5) is 152. The summed E-state index contributed by atoms with van der Waals surface area (Å²) >= 11 is 0. The van der Waals surface area contributed by atoms with E-state index in [9.17, 15) is 57.5 Å². The molecule has 1 aliphatic carbocycles. The fourth-order valence-electron chi connectivity index (χ4n) is 14.7. The van der Waals surface area contributed by atoms with Crippen molar-refractivity contribution in [2.75, 3.05) is 49.1 Å². The average Bonchev–Trinajstić information content (AvgIpc) is 1.62. The molecule has 30 heteroatoms. The molecule has 6 aromatic carbocycles. The highest BCUT2D eigenvalue weighted by molar-refractivity contribution is 5.98. The molecule has 0 aromatic heterocycles. The molecule has 0 radical (unpaired) electrons. The lowest BCUT2D eigenvalue weighted by Crippen LogP contribution is -2.43. The molecule has 6 aromatic rings. The molecule has 0 fully saturated rings. The number of anilines is 2. The van der Waals surface area contributed by atoms with Crippen molar-refractivity contribution in [1.29, 1.82) is 0 Å². The van der Waals surface area contributed by atoms with E-state index in [1.165, 1.54) is 22.3 Å². The van der Waals surface area contributed by atoms with Crippen molar-refractivity contribution in [3.8, 4) is 34.8 Å². The molecular weight excluding hydrogens is 1730 g/mol. The van der Waals surface area contributed by atoms with Crippen LogP contribution in [-0.2, 0) is 70.4 Å². The number of hydrogen-bond acceptors (Lipinski definition) is 22. The minimum Gasteiger partial charge on any atom is -0.449 e. The van der Waals surface area contributed by atoms with E-state index in [-0.39, 0.29) is 85.0 Å². The van der Waals surface area contributed by atoms with Crippen LogP contribution in [-0.4, -0.2) is 151 Å². The van der Waals surface area contributed by atoms with Crippen molar-refractivity contribution in [3.63, 3.8) is 0 Å². The van der Waals surface area contributed by atoms with Crippen molar-refractivity contribution >= 4 is 82.5 Å². The van der Waals surface area contributed by atoms with E-state index < -0.39 is 65.3 Å². The predicted molar refractivity (Wildman–Crippen MR) is 535 cm³/mol. The maximum atomic E-state index is 13.3. The predicted octanol–water partition coefficient (Wildman–Crippen LogP) is 15.6. The number of nitrogens with one attached hydrogen (secondary N) is 7. The van der Waals surface area contributed by atoms with Crippen LogP contribution in [0.1, 0.15) is 301 Å². The Kier molecular flexibility index (Phi) is 54.0. The largest absolute Gasteiger partial charge is 0.449 e. The quantitative estimate of drug-likeness (QED) is 0.00557. The van der Waals surface area contributed by atoms with Crippen LogP contribution in [0.25, 0.3) is 11.1 Å². The first-order valence-corrected chi connectivity index (χ1v) is 47.9. The number of ether oxygens (including phenoxy) is 4. The highest BCUT2D eigenvalue weighted by Gasteiger charge is 2.32. The average molecular weight is 1880 g/mol. The number of unbranched alkanes of at least 4 members (excludes halogenated alkanes) is 4. The second-order valence-electron chi connectivity index (χ2n) is 36.2. The molecular formula is C106H152N14O16. The second-order valence-corrected chi connectivity index (χ2v) is 36.2. The highest BCUT2D eigenvalue weighted by atomic mass is 16.6. The van der Waals surface area contributed by atoms with Gasteiger partial charge in [-0.1, -0.05) is 167 Å². The van der Waals surface area contributed by atoms with Gasteiger partial charge in [-0.05, 0) is 248 Å². The Labute approximate surface area is 806 Å². The Hall–Kier alpha value is -12.2. The van der Waals surface area contributed by atoms with Gasteiger partial charge in [0.1, 0.15) is 29.2 Å². The van der Waals surface area contributed by atoms with E-state index in [1.54, 1.807) is 77.6 Å². The Morgan fingerprint density at radius 2 is 0.691 bits per heavy atom. The number of hydrazine groups is 2. The number of alkyl carbamates (subject to hydrolysis) is 4. The number of rotatable bonds is 42. The third kappa shape index (κ3) is 45.0. The molecule has 2 heterocycles. The van der Waals surface area contributed by atoms with Crippen molar-refractivity contribution < 1.29 is 76.5 Å². The van der Waals surface area contributed by atoms with Crippen LogP contribution in [0.2, 0.25) is 0 Å². The maximum Gasteiger partial charge on any atom is 0.408 e. The van der Waals surface area contributed by atoms with Crippen LogP contribution in [0.4, 0.5) is 30.6 Å². The molecule has 17 N–H and O–H groups in total. The Bertz CT molecular complexity index is 4870. The van der Waals surface area contributed by atoms with Gasteiger partial charge in [-0.25, -0.2) is 19.2 Å². The topological polar surface area (TPSA) is 463 Å². The molecule has 9 rings (SSSR count). The van der Waals surface area contributed by atoms with Crippen LogP contribution >= 0.6 is 0 Å². The monoisotopic (exact) mass is 1880 g/mol. The van der Waals surface area contributed by atoms with E-state index >= 15 is 0 Å². The lowest BCUT2D eigenvalue weighted by atomic mass is 9.98. The van der Waals surface area contributed by atoms with Gasteiger partial charge in [0.2, 0.25) is 23.6 Å². The normalized spacial score (nSPS) is 12.7. The minimum atomic E-state index is -0.650. The van der Waals surface area contributed by atoms with Crippen LogP contribution in [0.15, 0.2) is 146 Å². The van der Waals surface area contributed by atoms with E-state index in [0.29, 0.717) is 129 Å². The first-order valence-electron chi connectivity index (χ1n) is 47.9. The molecule has 30 nitrogen and oxygen atoms in total. The summed E-state index contributed by atoms with van der Waals surface area (Å²) in [5.41, 5.74) is 27.6. The van der Waals surface area contributed by atoms with E-state index in [2.05, 4.69) is 91.5 Å². The molecule has 742 valence electrons. The van der Waals surface area contributed by atoms with Gasteiger partial charge in [-0.3, -0.25) is 50.0 Å². The number of nitrogens with zero attached hydrogens (tertiary/aromatic N) is 2. The van der Waals surface area contributed by atoms with E-state index in [0.717, 1.165) is 89.8 Å². The lowest BCUT2D eigenvalue weighted by molar-refractivity contribution is -0.125. The summed E-state index contributed by atoms with van der Waals surface area (Å²) in [6.45, 7) is 29.5. The summed E-state index contributed by atoms with van der Waals surface area (Å²) in [6.07, 6.45) is 11.0. The number of Topliss-reactive ketones (excluding diaryl/α,β-unsaturated/α-hetero) is 4. The zero-order valence-electron chi connectivity index (χ0n) is 82.7. The summed E-state index contributed by atoms with van der Waals surface area (Å²) < 4.78 is 21.3. The van der Waals surface area contributed by atoms with Crippen molar-refractivity contribution in [3.05, 3.63) is 190 Å². The first kappa shape index (κ1) is 116. The van der Waals surface area contributed by atoms with Crippen molar-refractivity contribution in [2.45, 2.75) is 311 Å². The zero-order chi connectivity index (χ0) is 101. The minimum absolute atomic E-state index is 0.00662.